The summed E-state index contributed by atoms with van der Waals surface area (Å²) in [6.07, 6.45) is -4.12. The van der Waals surface area contributed by atoms with Gasteiger partial charge in [-0.25, -0.2) is 0 Å². The molecule has 0 saturated carbocycles. The van der Waals surface area contributed by atoms with Gasteiger partial charge in [-0.2, -0.15) is 13.2 Å². The lowest BCUT2D eigenvalue weighted by Crippen LogP contribution is -2.26. The second-order valence-electron chi connectivity index (χ2n) is 4.11. The Balaban J connectivity index is 2.89. The van der Waals surface area contributed by atoms with E-state index in [1.807, 2.05) is 0 Å². The molecule has 0 radical (unpaired) electrons. The van der Waals surface area contributed by atoms with E-state index in [-0.39, 0.29) is 30.6 Å². The molecule has 0 bridgehead atoms. The van der Waals surface area contributed by atoms with Crippen molar-refractivity contribution in [3.05, 3.63) is 23.8 Å². The van der Waals surface area contributed by atoms with Crippen molar-refractivity contribution in [2.45, 2.75) is 18.6 Å². The molecule has 1 unspecified atom stereocenters. The monoisotopic (exact) mass is 278 g/mol. The van der Waals surface area contributed by atoms with Gasteiger partial charge >= 0.3 is 6.18 Å². The van der Waals surface area contributed by atoms with Crippen LogP contribution in [0.25, 0.3) is 0 Å². The number of benzene rings is 1. The van der Waals surface area contributed by atoms with Gasteiger partial charge in [0, 0.05) is 25.1 Å². The Labute approximate surface area is 109 Å². The first-order valence-corrected chi connectivity index (χ1v) is 5.71. The number of nitrogens with one attached hydrogen (secondary N) is 1. The standard InChI is InChI=1S/C12H17F3N2O2/c1-19-7-9(4-5-18)17-8-2-3-11(16)10(6-8)12(13,14)15/h2-3,6,9,17-18H,4-5,7,16H2,1H3. The maximum absolute atomic E-state index is 12.7. The van der Waals surface area contributed by atoms with Crippen LogP contribution in [0.1, 0.15) is 12.0 Å². The predicted molar refractivity (Wildman–Crippen MR) is 66.8 cm³/mol. The molecule has 108 valence electrons. The van der Waals surface area contributed by atoms with E-state index in [0.717, 1.165) is 6.07 Å². The number of aliphatic hydroxyl groups is 1. The van der Waals surface area contributed by atoms with Gasteiger partial charge in [0.1, 0.15) is 0 Å². The fourth-order valence-electron chi connectivity index (χ4n) is 1.68. The largest absolute Gasteiger partial charge is 0.418 e. The van der Waals surface area contributed by atoms with Gasteiger partial charge in [-0.3, -0.25) is 0 Å². The molecule has 1 aromatic carbocycles. The zero-order valence-corrected chi connectivity index (χ0v) is 10.5. The summed E-state index contributed by atoms with van der Waals surface area (Å²) < 4.78 is 43.0. The Morgan fingerprint density at radius 1 is 1.42 bits per heavy atom. The Kier molecular flexibility index (Phi) is 5.44. The van der Waals surface area contributed by atoms with E-state index in [2.05, 4.69) is 5.32 Å². The van der Waals surface area contributed by atoms with Gasteiger partial charge in [-0.05, 0) is 24.6 Å². The summed E-state index contributed by atoms with van der Waals surface area (Å²) in [4.78, 5) is 0. The molecule has 0 aliphatic heterocycles. The zero-order valence-electron chi connectivity index (χ0n) is 10.5. The van der Waals surface area contributed by atoms with Crippen LogP contribution in [0.2, 0.25) is 0 Å². The Morgan fingerprint density at radius 3 is 2.63 bits per heavy atom. The molecule has 0 aromatic heterocycles. The Hall–Kier alpha value is -1.47. The summed E-state index contributed by atoms with van der Waals surface area (Å²) in [6, 6.07) is 3.35. The first-order valence-electron chi connectivity index (χ1n) is 5.71. The molecule has 0 heterocycles. The van der Waals surface area contributed by atoms with E-state index in [1.54, 1.807) is 0 Å². The van der Waals surface area contributed by atoms with E-state index < -0.39 is 11.7 Å². The summed E-state index contributed by atoms with van der Waals surface area (Å²) in [5, 5.41) is 11.8. The predicted octanol–water partition coefficient (Wildman–Crippen LogP) is 2.10. The molecule has 1 rings (SSSR count). The lowest BCUT2D eigenvalue weighted by molar-refractivity contribution is -0.136. The summed E-state index contributed by atoms with van der Waals surface area (Å²) in [5.74, 6) is 0. The van der Waals surface area contributed by atoms with Crippen molar-refractivity contribution < 1.29 is 23.0 Å². The molecule has 0 saturated heterocycles. The second-order valence-corrected chi connectivity index (χ2v) is 4.11. The minimum Gasteiger partial charge on any atom is -0.398 e. The molecule has 0 spiro atoms. The SMILES string of the molecule is COCC(CCO)Nc1ccc(N)c(C(F)(F)F)c1. The average Bonchev–Trinajstić information content (AvgIpc) is 2.31. The quantitative estimate of drug-likeness (QED) is 0.697. The Morgan fingerprint density at radius 2 is 2.11 bits per heavy atom. The number of hydrogen-bond acceptors (Lipinski definition) is 4. The molecule has 0 amide bonds. The van der Waals surface area contributed by atoms with E-state index in [0.29, 0.717) is 6.42 Å². The van der Waals surface area contributed by atoms with Gasteiger partial charge in [0.15, 0.2) is 0 Å². The number of methoxy groups -OCH3 is 1. The highest BCUT2D eigenvalue weighted by Gasteiger charge is 2.33. The van der Waals surface area contributed by atoms with Gasteiger partial charge in [0.2, 0.25) is 0 Å². The fraction of sp³-hybridized carbons (Fsp3) is 0.500. The van der Waals surface area contributed by atoms with Gasteiger partial charge in [-0.1, -0.05) is 0 Å². The molecule has 4 N–H and O–H groups in total. The molecule has 1 atom stereocenters. The third kappa shape index (κ3) is 4.60. The van der Waals surface area contributed by atoms with Crippen molar-refractivity contribution in [3.63, 3.8) is 0 Å². The van der Waals surface area contributed by atoms with E-state index in [1.165, 1.54) is 19.2 Å². The Bertz CT molecular complexity index is 404. The summed E-state index contributed by atoms with van der Waals surface area (Å²) >= 11 is 0. The normalized spacial score (nSPS) is 13.3. The number of aliphatic hydroxyl groups excluding tert-OH is 1. The molecule has 19 heavy (non-hydrogen) atoms. The highest BCUT2D eigenvalue weighted by molar-refractivity contribution is 5.58. The number of nitrogen functional groups attached to an aromatic ring is 1. The van der Waals surface area contributed by atoms with Crippen LogP contribution in [0.5, 0.6) is 0 Å². The van der Waals surface area contributed by atoms with Gasteiger partial charge < -0.3 is 20.9 Å². The summed E-state index contributed by atoms with van der Waals surface area (Å²) in [5.41, 5.74) is 4.41. The number of alkyl halides is 3. The van der Waals surface area contributed by atoms with Crippen molar-refractivity contribution in [1.29, 1.82) is 0 Å². The third-order valence-electron chi connectivity index (χ3n) is 2.57. The van der Waals surface area contributed by atoms with Crippen LogP contribution in [0, 0.1) is 0 Å². The summed E-state index contributed by atoms with van der Waals surface area (Å²) in [7, 11) is 1.48. The number of nitrogens with two attached hydrogens (primary N) is 1. The van der Waals surface area contributed by atoms with Gasteiger partial charge in [-0.15, -0.1) is 0 Å². The first kappa shape index (κ1) is 15.6. The van der Waals surface area contributed by atoms with Crippen molar-refractivity contribution in [1.82, 2.24) is 0 Å². The molecule has 0 fully saturated rings. The molecular formula is C12H17F3N2O2. The average molecular weight is 278 g/mol. The fourth-order valence-corrected chi connectivity index (χ4v) is 1.68. The van der Waals surface area contributed by atoms with Gasteiger partial charge in [0.25, 0.3) is 0 Å². The molecule has 0 aliphatic carbocycles. The van der Waals surface area contributed by atoms with E-state index in [9.17, 15) is 13.2 Å². The van der Waals surface area contributed by atoms with Crippen LogP contribution >= 0.6 is 0 Å². The number of hydrogen-bond donors (Lipinski definition) is 3. The second kappa shape index (κ2) is 6.63. The molecule has 4 nitrogen and oxygen atoms in total. The topological polar surface area (TPSA) is 67.5 Å². The number of anilines is 2. The molecule has 0 aliphatic rings. The molecular weight excluding hydrogens is 261 g/mol. The minimum atomic E-state index is -4.49. The lowest BCUT2D eigenvalue weighted by atomic mass is 10.1. The molecule has 7 heteroatoms. The van der Waals surface area contributed by atoms with Crippen LogP contribution < -0.4 is 11.1 Å². The lowest BCUT2D eigenvalue weighted by Gasteiger charge is -2.19. The third-order valence-corrected chi connectivity index (χ3v) is 2.57. The van der Waals surface area contributed by atoms with Crippen LogP contribution in [0.3, 0.4) is 0 Å². The van der Waals surface area contributed by atoms with Crippen molar-refractivity contribution in [2.24, 2.45) is 0 Å². The van der Waals surface area contributed by atoms with Crippen LogP contribution in [0.4, 0.5) is 24.5 Å². The summed E-state index contributed by atoms with van der Waals surface area (Å²) in [6.45, 7) is 0.203. The van der Waals surface area contributed by atoms with Crippen molar-refractivity contribution in [3.8, 4) is 0 Å². The smallest absolute Gasteiger partial charge is 0.398 e. The highest BCUT2D eigenvalue weighted by atomic mass is 19.4. The molecule has 1 aromatic rings. The van der Waals surface area contributed by atoms with Crippen molar-refractivity contribution >= 4 is 11.4 Å². The van der Waals surface area contributed by atoms with Crippen LogP contribution in [-0.2, 0) is 10.9 Å². The number of ether oxygens (including phenoxy) is 1. The zero-order chi connectivity index (χ0) is 14.5. The maximum Gasteiger partial charge on any atom is 0.418 e. The first-order chi connectivity index (χ1) is 8.88. The maximum atomic E-state index is 12.7. The van der Waals surface area contributed by atoms with E-state index >= 15 is 0 Å². The van der Waals surface area contributed by atoms with E-state index in [4.69, 9.17) is 15.6 Å². The van der Waals surface area contributed by atoms with Crippen LogP contribution in [0.15, 0.2) is 18.2 Å². The number of halogens is 3. The van der Waals surface area contributed by atoms with Crippen LogP contribution in [-0.4, -0.2) is 31.5 Å². The minimum absolute atomic E-state index is 0.0812. The highest BCUT2D eigenvalue weighted by Crippen LogP contribution is 2.35. The number of rotatable bonds is 6. The van der Waals surface area contributed by atoms with Crippen molar-refractivity contribution in [2.75, 3.05) is 31.4 Å². The van der Waals surface area contributed by atoms with Gasteiger partial charge in [0.05, 0.1) is 18.2 Å².